The molecule has 2 aliphatic rings. The van der Waals surface area contributed by atoms with E-state index in [1.54, 1.807) is 0 Å². The summed E-state index contributed by atoms with van der Waals surface area (Å²) in [6.07, 6.45) is 7.44. The molecule has 1 saturated carbocycles. The second-order valence-corrected chi connectivity index (χ2v) is 6.22. The summed E-state index contributed by atoms with van der Waals surface area (Å²) < 4.78 is 0. The molecule has 20 heavy (non-hydrogen) atoms. The fraction of sp³-hybridized carbons (Fsp3) is 0.867. The zero-order valence-electron chi connectivity index (χ0n) is 12.4. The Morgan fingerprint density at radius 1 is 1.20 bits per heavy atom. The first kappa shape index (κ1) is 15.3. The highest BCUT2D eigenvalue weighted by Gasteiger charge is 2.35. The third-order valence-corrected chi connectivity index (χ3v) is 4.68. The number of hydrogen-bond donors (Lipinski definition) is 1. The molecule has 0 bridgehead atoms. The van der Waals surface area contributed by atoms with Crippen molar-refractivity contribution in [3.8, 4) is 0 Å². The number of likely N-dealkylation sites (N-methyl/N-ethyl adjacent to an activating group) is 1. The smallest absolute Gasteiger partial charge is 0.304 e. The minimum absolute atomic E-state index is 0.0931. The fourth-order valence-corrected chi connectivity index (χ4v) is 3.62. The average Bonchev–Trinajstić information content (AvgIpc) is 2.44. The van der Waals surface area contributed by atoms with Crippen molar-refractivity contribution in [1.29, 1.82) is 0 Å². The highest BCUT2D eigenvalue weighted by molar-refractivity contribution is 5.78. The molecule has 1 N–H and O–H groups in total. The Morgan fingerprint density at radius 2 is 1.90 bits per heavy atom. The van der Waals surface area contributed by atoms with Crippen LogP contribution in [-0.2, 0) is 9.59 Å². The Labute approximate surface area is 120 Å². The Bertz CT molecular complexity index is 357. The highest BCUT2D eigenvalue weighted by atomic mass is 16.4. The van der Waals surface area contributed by atoms with Gasteiger partial charge in [-0.15, -0.1) is 0 Å². The van der Waals surface area contributed by atoms with Gasteiger partial charge in [0.1, 0.15) is 0 Å². The van der Waals surface area contributed by atoms with Gasteiger partial charge in [-0.05, 0) is 38.6 Å². The molecular weight excluding hydrogens is 256 g/mol. The monoisotopic (exact) mass is 282 g/mol. The van der Waals surface area contributed by atoms with E-state index < -0.39 is 5.97 Å². The van der Waals surface area contributed by atoms with Crippen LogP contribution in [0.2, 0.25) is 0 Å². The van der Waals surface area contributed by atoms with E-state index in [4.69, 9.17) is 5.11 Å². The second kappa shape index (κ2) is 7.07. The van der Waals surface area contributed by atoms with Crippen molar-refractivity contribution in [2.45, 2.75) is 51.0 Å². The number of carbonyl (C=O) groups is 2. The number of amides is 1. The van der Waals surface area contributed by atoms with Gasteiger partial charge in [-0.25, -0.2) is 0 Å². The number of carboxylic acid groups (broad SMARTS) is 1. The van der Waals surface area contributed by atoms with Crippen LogP contribution < -0.4 is 0 Å². The Morgan fingerprint density at radius 3 is 2.65 bits per heavy atom. The number of rotatable bonds is 5. The van der Waals surface area contributed by atoms with Crippen LogP contribution in [0.4, 0.5) is 0 Å². The van der Waals surface area contributed by atoms with Crippen LogP contribution >= 0.6 is 0 Å². The van der Waals surface area contributed by atoms with Crippen LogP contribution in [0.1, 0.15) is 44.9 Å². The van der Waals surface area contributed by atoms with Crippen LogP contribution in [0.5, 0.6) is 0 Å². The lowest BCUT2D eigenvalue weighted by Crippen LogP contribution is -2.52. The van der Waals surface area contributed by atoms with E-state index in [1.165, 1.54) is 25.7 Å². The van der Waals surface area contributed by atoms with Gasteiger partial charge in [0, 0.05) is 19.1 Å². The van der Waals surface area contributed by atoms with E-state index in [2.05, 4.69) is 4.90 Å². The zero-order valence-corrected chi connectivity index (χ0v) is 12.4. The SMILES string of the molecule is CN(CCC(=O)O)CC(=O)N1CCCC2CCCCC21. The van der Waals surface area contributed by atoms with Gasteiger partial charge in [0.05, 0.1) is 13.0 Å². The van der Waals surface area contributed by atoms with Crippen molar-refractivity contribution < 1.29 is 14.7 Å². The van der Waals surface area contributed by atoms with Crippen molar-refractivity contribution in [3.05, 3.63) is 0 Å². The van der Waals surface area contributed by atoms with Crippen LogP contribution in [0.15, 0.2) is 0 Å². The summed E-state index contributed by atoms with van der Waals surface area (Å²) in [6, 6.07) is 0.442. The predicted octanol–water partition coefficient (Wildman–Crippen LogP) is 1.57. The third-order valence-electron chi connectivity index (χ3n) is 4.68. The molecule has 2 atom stereocenters. The van der Waals surface area contributed by atoms with Crippen molar-refractivity contribution in [1.82, 2.24) is 9.80 Å². The molecule has 2 fully saturated rings. The first-order valence-corrected chi connectivity index (χ1v) is 7.77. The molecule has 0 aromatic rings. The van der Waals surface area contributed by atoms with Crippen LogP contribution in [0, 0.1) is 5.92 Å². The fourth-order valence-electron chi connectivity index (χ4n) is 3.62. The summed E-state index contributed by atoms with van der Waals surface area (Å²) >= 11 is 0. The number of carboxylic acids is 1. The maximum Gasteiger partial charge on any atom is 0.304 e. The summed E-state index contributed by atoms with van der Waals surface area (Å²) in [5.74, 6) is 0.0647. The predicted molar refractivity (Wildman–Crippen MR) is 76.4 cm³/mol. The Hall–Kier alpha value is -1.10. The number of piperidine rings is 1. The summed E-state index contributed by atoms with van der Waals surface area (Å²) in [7, 11) is 1.82. The minimum atomic E-state index is -0.811. The van der Waals surface area contributed by atoms with Gasteiger partial charge in [0.15, 0.2) is 0 Å². The standard InChI is InChI=1S/C15H26N2O3/c1-16(10-8-15(19)20)11-14(18)17-9-4-6-12-5-2-3-7-13(12)17/h12-13H,2-11H2,1H3,(H,19,20). The molecular formula is C15H26N2O3. The lowest BCUT2D eigenvalue weighted by atomic mass is 9.78. The number of aliphatic carboxylic acids is 1. The Balaban J connectivity index is 1.85. The van der Waals surface area contributed by atoms with E-state index in [-0.39, 0.29) is 12.3 Å². The number of likely N-dealkylation sites (tertiary alicyclic amines) is 1. The largest absolute Gasteiger partial charge is 0.481 e. The molecule has 0 spiro atoms. The summed E-state index contributed by atoms with van der Waals surface area (Å²) in [6.45, 7) is 1.66. The van der Waals surface area contributed by atoms with E-state index in [0.717, 1.165) is 19.4 Å². The van der Waals surface area contributed by atoms with Gasteiger partial charge >= 0.3 is 5.97 Å². The first-order valence-electron chi connectivity index (χ1n) is 7.77. The molecule has 5 nitrogen and oxygen atoms in total. The van der Waals surface area contributed by atoms with Crippen LogP contribution in [0.25, 0.3) is 0 Å². The topological polar surface area (TPSA) is 60.9 Å². The molecule has 0 aromatic heterocycles. The third kappa shape index (κ3) is 3.95. The van der Waals surface area contributed by atoms with E-state index in [9.17, 15) is 9.59 Å². The lowest BCUT2D eigenvalue weighted by Gasteiger charge is -2.44. The summed E-state index contributed by atoms with van der Waals surface area (Å²) in [5, 5.41) is 8.68. The molecule has 1 aliphatic carbocycles. The van der Waals surface area contributed by atoms with Crippen molar-refractivity contribution in [2.24, 2.45) is 5.92 Å². The van der Waals surface area contributed by atoms with Crippen molar-refractivity contribution >= 4 is 11.9 Å². The molecule has 114 valence electrons. The average molecular weight is 282 g/mol. The van der Waals surface area contributed by atoms with Gasteiger partial charge in [-0.2, -0.15) is 0 Å². The van der Waals surface area contributed by atoms with Gasteiger partial charge in [0.25, 0.3) is 0 Å². The molecule has 0 radical (unpaired) electrons. The van der Waals surface area contributed by atoms with Crippen LogP contribution in [0.3, 0.4) is 0 Å². The van der Waals surface area contributed by atoms with Gasteiger partial charge < -0.3 is 10.0 Å². The van der Waals surface area contributed by atoms with E-state index >= 15 is 0 Å². The molecule has 1 amide bonds. The van der Waals surface area contributed by atoms with Crippen molar-refractivity contribution in [3.63, 3.8) is 0 Å². The maximum atomic E-state index is 12.4. The van der Waals surface area contributed by atoms with Crippen LogP contribution in [-0.4, -0.2) is 59.5 Å². The number of hydrogen-bond acceptors (Lipinski definition) is 3. The summed E-state index contributed by atoms with van der Waals surface area (Å²) in [4.78, 5) is 26.9. The number of fused-ring (bicyclic) bond motifs is 1. The van der Waals surface area contributed by atoms with Crippen molar-refractivity contribution in [2.75, 3.05) is 26.7 Å². The molecule has 2 rings (SSSR count). The van der Waals surface area contributed by atoms with Gasteiger partial charge in [-0.3, -0.25) is 14.5 Å². The highest BCUT2D eigenvalue weighted by Crippen LogP contribution is 2.35. The van der Waals surface area contributed by atoms with E-state index in [0.29, 0.717) is 25.0 Å². The molecule has 1 saturated heterocycles. The molecule has 5 heteroatoms. The summed E-state index contributed by atoms with van der Waals surface area (Å²) in [5.41, 5.74) is 0. The second-order valence-electron chi connectivity index (χ2n) is 6.22. The Kier molecular flexibility index (Phi) is 5.40. The lowest BCUT2D eigenvalue weighted by molar-refractivity contribution is -0.140. The van der Waals surface area contributed by atoms with Gasteiger partial charge in [0.2, 0.25) is 5.91 Å². The van der Waals surface area contributed by atoms with Gasteiger partial charge in [-0.1, -0.05) is 12.8 Å². The first-order chi connectivity index (χ1) is 9.58. The molecule has 0 aromatic carbocycles. The van der Waals surface area contributed by atoms with E-state index in [1.807, 2.05) is 11.9 Å². The normalized spacial score (nSPS) is 26.4. The molecule has 1 aliphatic heterocycles. The zero-order chi connectivity index (χ0) is 14.5. The maximum absolute atomic E-state index is 12.4. The number of nitrogens with zero attached hydrogens (tertiary/aromatic N) is 2. The minimum Gasteiger partial charge on any atom is -0.481 e. The number of carbonyl (C=O) groups excluding carboxylic acids is 1. The molecule has 1 heterocycles. The quantitative estimate of drug-likeness (QED) is 0.831. The molecule has 2 unspecified atom stereocenters.